The molecule has 4 rings (SSSR count). The van der Waals surface area contributed by atoms with Crippen molar-refractivity contribution in [2.45, 2.75) is 45.8 Å². The highest BCUT2D eigenvalue weighted by Crippen LogP contribution is 2.35. The molecule has 164 valence electrons. The van der Waals surface area contributed by atoms with E-state index in [1.165, 1.54) is 29.2 Å². The second kappa shape index (κ2) is 9.10. The van der Waals surface area contributed by atoms with Gasteiger partial charge < -0.3 is 10.1 Å². The molecular weight excluding hydrogens is 390 g/mol. The molecule has 0 saturated carbocycles. The lowest BCUT2D eigenvalue weighted by Gasteiger charge is -2.22. The molecule has 1 N–H and O–H groups in total. The molecule has 2 atom stereocenters. The number of rotatable bonds is 6. The number of cyclic esters (lactones) is 1. The summed E-state index contributed by atoms with van der Waals surface area (Å²) < 4.78 is 5.42. The third-order valence-electron chi connectivity index (χ3n) is 6.27. The third kappa shape index (κ3) is 4.90. The first kappa shape index (κ1) is 21.4. The van der Waals surface area contributed by atoms with Gasteiger partial charge >= 0.3 is 6.09 Å². The van der Waals surface area contributed by atoms with E-state index in [2.05, 4.69) is 66.5 Å². The van der Waals surface area contributed by atoms with Gasteiger partial charge in [-0.15, -0.1) is 0 Å². The molecule has 0 bridgehead atoms. The van der Waals surface area contributed by atoms with E-state index in [1.807, 2.05) is 0 Å². The number of hydrogen-bond donors (Lipinski definition) is 1. The number of nitrogens with zero attached hydrogens (tertiary/aromatic N) is 2. The van der Waals surface area contributed by atoms with E-state index in [0.29, 0.717) is 19.0 Å². The van der Waals surface area contributed by atoms with Crippen LogP contribution in [0, 0.1) is 13.8 Å². The summed E-state index contributed by atoms with van der Waals surface area (Å²) in [4.78, 5) is 27.7. The van der Waals surface area contributed by atoms with E-state index in [-0.39, 0.29) is 18.1 Å². The highest BCUT2D eigenvalue weighted by Gasteiger charge is 2.33. The Hall–Kier alpha value is -2.86. The Balaban J connectivity index is 1.44. The monoisotopic (exact) mass is 421 g/mol. The largest absolute Gasteiger partial charge is 0.442 e. The fraction of sp³-hybridized carbons (Fsp3) is 0.440. The normalized spacial score (nSPS) is 21.4. The van der Waals surface area contributed by atoms with Crippen molar-refractivity contribution in [3.63, 3.8) is 0 Å². The highest BCUT2D eigenvalue weighted by atomic mass is 16.6. The predicted octanol–water partition coefficient (Wildman–Crippen LogP) is 3.75. The standard InChI is InChI=1S/C25H31N3O3/c1-17-11-22(28-16-23(31-25(28)30)13-26-19(3)29)12-18(2)24(17)21-9-10-27(15-21)14-20-7-5-4-6-8-20/h4-8,11-12,21,23H,9-10,13-16H2,1-3H3,(H,26,29). The SMILES string of the molecule is CC(=O)NCC1CN(c2cc(C)c(C3CCN(Cc4ccccc4)C3)c(C)c2)C(=O)O1. The summed E-state index contributed by atoms with van der Waals surface area (Å²) in [5.41, 5.74) is 6.07. The Kier molecular flexibility index (Phi) is 6.28. The lowest BCUT2D eigenvalue weighted by molar-refractivity contribution is -0.119. The molecule has 2 heterocycles. The highest BCUT2D eigenvalue weighted by molar-refractivity contribution is 5.90. The number of nitrogens with one attached hydrogen (secondary N) is 1. The number of ether oxygens (including phenoxy) is 1. The molecule has 0 spiro atoms. The molecule has 2 amide bonds. The first-order chi connectivity index (χ1) is 14.9. The topological polar surface area (TPSA) is 61.9 Å². The van der Waals surface area contributed by atoms with Crippen LogP contribution in [0.5, 0.6) is 0 Å². The zero-order valence-corrected chi connectivity index (χ0v) is 18.6. The number of carbonyl (C=O) groups excluding carboxylic acids is 2. The van der Waals surface area contributed by atoms with Gasteiger partial charge in [0.2, 0.25) is 5.91 Å². The minimum atomic E-state index is -0.350. The van der Waals surface area contributed by atoms with Gasteiger partial charge in [0.05, 0.1) is 13.1 Å². The molecular formula is C25H31N3O3. The van der Waals surface area contributed by atoms with Gasteiger partial charge in [0.1, 0.15) is 6.10 Å². The first-order valence-electron chi connectivity index (χ1n) is 11.0. The zero-order valence-electron chi connectivity index (χ0n) is 18.6. The van der Waals surface area contributed by atoms with Crippen LogP contribution in [0.3, 0.4) is 0 Å². The van der Waals surface area contributed by atoms with Crippen LogP contribution in [0.15, 0.2) is 42.5 Å². The van der Waals surface area contributed by atoms with Crippen LogP contribution in [0.4, 0.5) is 10.5 Å². The second-order valence-electron chi connectivity index (χ2n) is 8.75. The van der Waals surface area contributed by atoms with E-state index < -0.39 is 0 Å². The molecule has 6 heteroatoms. The van der Waals surface area contributed by atoms with Crippen molar-refractivity contribution >= 4 is 17.7 Å². The van der Waals surface area contributed by atoms with Gasteiger partial charge in [-0.3, -0.25) is 14.6 Å². The van der Waals surface area contributed by atoms with E-state index in [4.69, 9.17) is 4.74 Å². The lowest BCUT2D eigenvalue weighted by Crippen LogP contribution is -2.33. The van der Waals surface area contributed by atoms with Gasteiger partial charge in [-0.2, -0.15) is 0 Å². The van der Waals surface area contributed by atoms with Crippen molar-refractivity contribution in [2.24, 2.45) is 0 Å². The smallest absolute Gasteiger partial charge is 0.414 e. The fourth-order valence-corrected chi connectivity index (χ4v) is 4.90. The van der Waals surface area contributed by atoms with Gasteiger partial charge in [0.15, 0.2) is 0 Å². The van der Waals surface area contributed by atoms with Crippen LogP contribution >= 0.6 is 0 Å². The Labute approximate surface area is 184 Å². The number of hydrogen-bond acceptors (Lipinski definition) is 4. The number of benzene rings is 2. The van der Waals surface area contributed by atoms with Crippen molar-refractivity contribution in [1.29, 1.82) is 0 Å². The van der Waals surface area contributed by atoms with Gasteiger partial charge in [-0.25, -0.2) is 4.79 Å². The average molecular weight is 422 g/mol. The summed E-state index contributed by atoms with van der Waals surface area (Å²) in [6, 6.07) is 14.8. The van der Waals surface area contributed by atoms with Gasteiger partial charge in [-0.05, 0) is 67.1 Å². The summed E-state index contributed by atoms with van der Waals surface area (Å²) >= 11 is 0. The maximum atomic E-state index is 12.4. The summed E-state index contributed by atoms with van der Waals surface area (Å²) in [5.74, 6) is 0.388. The van der Waals surface area contributed by atoms with E-state index in [1.54, 1.807) is 4.90 Å². The quantitative estimate of drug-likeness (QED) is 0.772. The molecule has 0 radical (unpaired) electrons. The van der Waals surface area contributed by atoms with Crippen molar-refractivity contribution in [3.05, 3.63) is 64.7 Å². The van der Waals surface area contributed by atoms with Gasteiger partial charge in [0, 0.05) is 25.7 Å². The molecule has 0 aliphatic carbocycles. The van der Waals surface area contributed by atoms with Gasteiger partial charge in [0.25, 0.3) is 0 Å². The van der Waals surface area contributed by atoms with E-state index in [9.17, 15) is 9.59 Å². The maximum absolute atomic E-state index is 12.4. The zero-order chi connectivity index (χ0) is 22.0. The number of carbonyl (C=O) groups is 2. The molecule has 2 saturated heterocycles. The molecule has 2 aliphatic heterocycles. The number of amides is 2. The van der Waals surface area contributed by atoms with Crippen LogP contribution in [-0.4, -0.2) is 49.2 Å². The molecule has 6 nitrogen and oxygen atoms in total. The van der Waals surface area contributed by atoms with Crippen molar-refractivity contribution in [2.75, 3.05) is 31.1 Å². The van der Waals surface area contributed by atoms with Crippen LogP contribution in [0.25, 0.3) is 0 Å². The van der Waals surface area contributed by atoms with Crippen LogP contribution in [0.2, 0.25) is 0 Å². The van der Waals surface area contributed by atoms with Crippen LogP contribution < -0.4 is 10.2 Å². The fourth-order valence-electron chi connectivity index (χ4n) is 4.90. The summed E-state index contributed by atoms with van der Waals surface area (Å²) in [6.45, 7) is 9.68. The minimum absolute atomic E-state index is 0.122. The van der Waals surface area contributed by atoms with Crippen LogP contribution in [-0.2, 0) is 16.1 Å². The van der Waals surface area contributed by atoms with E-state index in [0.717, 1.165) is 31.7 Å². The Bertz CT molecular complexity index is 937. The Morgan fingerprint density at radius 3 is 2.52 bits per heavy atom. The molecule has 2 aliphatic rings. The number of aryl methyl sites for hydroxylation is 2. The number of likely N-dealkylation sites (tertiary alicyclic amines) is 1. The molecule has 2 unspecified atom stereocenters. The van der Waals surface area contributed by atoms with Gasteiger partial charge in [-0.1, -0.05) is 30.3 Å². The van der Waals surface area contributed by atoms with Crippen molar-refractivity contribution in [3.8, 4) is 0 Å². The van der Waals surface area contributed by atoms with Crippen molar-refractivity contribution < 1.29 is 14.3 Å². The molecule has 2 fully saturated rings. The number of anilines is 1. The molecule has 2 aromatic carbocycles. The molecule has 31 heavy (non-hydrogen) atoms. The summed E-state index contributed by atoms with van der Waals surface area (Å²) in [6.07, 6.45) is 0.480. The maximum Gasteiger partial charge on any atom is 0.414 e. The minimum Gasteiger partial charge on any atom is -0.442 e. The Morgan fingerprint density at radius 1 is 1.13 bits per heavy atom. The van der Waals surface area contributed by atoms with Crippen molar-refractivity contribution in [1.82, 2.24) is 10.2 Å². The Morgan fingerprint density at radius 2 is 1.84 bits per heavy atom. The summed E-state index contributed by atoms with van der Waals surface area (Å²) in [7, 11) is 0. The first-order valence-corrected chi connectivity index (χ1v) is 11.0. The predicted molar refractivity (Wildman–Crippen MR) is 121 cm³/mol. The average Bonchev–Trinajstić information content (AvgIpc) is 3.33. The second-order valence-corrected chi connectivity index (χ2v) is 8.75. The summed E-state index contributed by atoms with van der Waals surface area (Å²) in [5, 5.41) is 2.72. The third-order valence-corrected chi connectivity index (χ3v) is 6.27. The van der Waals surface area contributed by atoms with Crippen LogP contribution in [0.1, 0.15) is 41.5 Å². The molecule has 0 aromatic heterocycles. The van der Waals surface area contributed by atoms with E-state index >= 15 is 0 Å². The lowest BCUT2D eigenvalue weighted by atomic mass is 9.89. The molecule has 2 aromatic rings.